The largest absolute Gasteiger partial charge is 0.304 e. The summed E-state index contributed by atoms with van der Waals surface area (Å²) in [5.41, 5.74) is 4.79. The van der Waals surface area contributed by atoms with Crippen LogP contribution in [0, 0.1) is 0 Å². The van der Waals surface area contributed by atoms with Crippen LogP contribution in [-0.4, -0.2) is 27.1 Å². The Balaban J connectivity index is 1.43. The molecule has 2 unspecified atom stereocenters. The monoisotopic (exact) mass is 352 g/mol. The van der Waals surface area contributed by atoms with E-state index in [0.717, 1.165) is 12.0 Å². The van der Waals surface area contributed by atoms with E-state index in [2.05, 4.69) is 39.6 Å². The van der Waals surface area contributed by atoms with Gasteiger partial charge in [-0.2, -0.15) is 0 Å². The number of thiazole rings is 1. The first kappa shape index (κ1) is 15.9. The molecule has 0 saturated carbocycles. The number of hydrogen-bond donors (Lipinski definition) is 3. The Hall–Kier alpha value is -2.61. The van der Waals surface area contributed by atoms with Crippen LogP contribution in [0.5, 0.6) is 0 Å². The van der Waals surface area contributed by atoms with Crippen LogP contribution in [0.25, 0.3) is 10.7 Å². The molecule has 3 N–H and O–H groups in total. The van der Waals surface area contributed by atoms with Crippen molar-refractivity contribution in [2.24, 2.45) is 0 Å². The van der Waals surface area contributed by atoms with Gasteiger partial charge in [-0.1, -0.05) is 36.4 Å². The molecular formula is C18H16N4O2S. The maximum Gasteiger partial charge on any atom is 0.286 e. The van der Waals surface area contributed by atoms with E-state index in [-0.39, 0.29) is 0 Å². The van der Waals surface area contributed by atoms with Crippen molar-refractivity contribution in [3.63, 3.8) is 0 Å². The minimum absolute atomic E-state index is 0.328. The van der Waals surface area contributed by atoms with Gasteiger partial charge in [-0.3, -0.25) is 15.0 Å². The number of pyridine rings is 1. The Morgan fingerprint density at radius 1 is 1.16 bits per heavy atom. The molecule has 6 nitrogen and oxygen atoms in total. The van der Waals surface area contributed by atoms with Gasteiger partial charge in [0, 0.05) is 18.3 Å². The van der Waals surface area contributed by atoms with Crippen LogP contribution in [0.1, 0.15) is 26.8 Å². The van der Waals surface area contributed by atoms with Crippen LogP contribution in [-0.2, 0) is 6.42 Å². The molecule has 0 spiro atoms. The predicted molar refractivity (Wildman–Crippen MR) is 94.4 cm³/mol. The SMILES string of the molecule is O=C(NO)c1cnc(-c2ccc(C3NC3Cc3ccccc3)cn2)s1. The first-order valence-electron chi connectivity index (χ1n) is 7.91. The van der Waals surface area contributed by atoms with Crippen LogP contribution in [0.15, 0.2) is 54.9 Å². The Morgan fingerprint density at radius 3 is 2.72 bits per heavy atom. The van der Waals surface area contributed by atoms with Gasteiger partial charge < -0.3 is 5.32 Å². The van der Waals surface area contributed by atoms with Gasteiger partial charge in [0.05, 0.1) is 11.9 Å². The van der Waals surface area contributed by atoms with E-state index < -0.39 is 5.91 Å². The van der Waals surface area contributed by atoms with Gasteiger partial charge in [0.15, 0.2) is 0 Å². The van der Waals surface area contributed by atoms with Crippen molar-refractivity contribution in [3.8, 4) is 10.7 Å². The van der Waals surface area contributed by atoms with E-state index in [1.165, 1.54) is 23.1 Å². The topological polar surface area (TPSA) is 97.0 Å². The number of aromatic nitrogens is 2. The fraction of sp³-hybridized carbons (Fsp3) is 0.167. The number of amides is 1. The van der Waals surface area contributed by atoms with Gasteiger partial charge in [0.2, 0.25) is 0 Å². The summed E-state index contributed by atoms with van der Waals surface area (Å²) in [6.07, 6.45) is 4.28. The molecule has 1 saturated heterocycles. The summed E-state index contributed by atoms with van der Waals surface area (Å²) in [6, 6.07) is 15.1. The number of nitrogens with one attached hydrogen (secondary N) is 2. The molecule has 7 heteroatoms. The van der Waals surface area contributed by atoms with Gasteiger partial charge in [0.25, 0.3) is 5.91 Å². The average Bonchev–Trinajstić information content (AvgIpc) is 3.24. The maximum atomic E-state index is 11.4. The molecule has 2 atom stereocenters. The van der Waals surface area contributed by atoms with Crippen molar-refractivity contribution >= 4 is 17.2 Å². The van der Waals surface area contributed by atoms with Crippen LogP contribution in [0.4, 0.5) is 0 Å². The van der Waals surface area contributed by atoms with Gasteiger partial charge >= 0.3 is 0 Å². The van der Waals surface area contributed by atoms with Crippen molar-refractivity contribution in [2.75, 3.05) is 0 Å². The first-order valence-corrected chi connectivity index (χ1v) is 8.73. The number of hydroxylamine groups is 1. The second kappa shape index (κ2) is 6.72. The van der Waals surface area contributed by atoms with Crippen LogP contribution in [0.3, 0.4) is 0 Å². The van der Waals surface area contributed by atoms with Gasteiger partial charge in [-0.05, 0) is 23.6 Å². The third kappa shape index (κ3) is 3.43. The highest BCUT2D eigenvalue weighted by Gasteiger charge is 2.37. The van der Waals surface area contributed by atoms with E-state index >= 15 is 0 Å². The molecule has 1 amide bonds. The summed E-state index contributed by atoms with van der Waals surface area (Å²) < 4.78 is 0. The highest BCUT2D eigenvalue weighted by Crippen LogP contribution is 2.33. The van der Waals surface area contributed by atoms with E-state index in [4.69, 9.17) is 5.21 Å². The minimum Gasteiger partial charge on any atom is -0.304 e. The predicted octanol–water partition coefficient (Wildman–Crippen LogP) is 2.58. The van der Waals surface area contributed by atoms with E-state index in [9.17, 15) is 4.79 Å². The molecule has 0 bridgehead atoms. The van der Waals surface area contributed by atoms with Crippen LogP contribution in [0.2, 0.25) is 0 Å². The molecule has 1 fully saturated rings. The van der Waals surface area contributed by atoms with Crippen molar-refractivity contribution in [2.45, 2.75) is 18.5 Å². The molecule has 25 heavy (non-hydrogen) atoms. The Morgan fingerprint density at radius 2 is 2.00 bits per heavy atom. The second-order valence-electron chi connectivity index (χ2n) is 5.89. The molecule has 3 aromatic rings. The standard InChI is InChI=1S/C18H16N4O2S/c23-17(22-24)15-10-20-18(25-15)13-7-6-12(9-19-13)16-14(21-16)8-11-4-2-1-3-5-11/h1-7,9-10,14,16,21,24H,8H2,(H,22,23). The molecule has 1 aliphatic rings. The number of hydrogen-bond acceptors (Lipinski definition) is 6. The molecule has 0 radical (unpaired) electrons. The van der Waals surface area contributed by atoms with E-state index in [1.54, 1.807) is 5.48 Å². The van der Waals surface area contributed by atoms with E-state index in [0.29, 0.717) is 27.7 Å². The quantitative estimate of drug-likeness (QED) is 0.372. The molecule has 1 aromatic carbocycles. The Kier molecular flexibility index (Phi) is 4.27. The second-order valence-corrected chi connectivity index (χ2v) is 6.92. The van der Waals surface area contributed by atoms with Gasteiger partial charge in [0.1, 0.15) is 9.88 Å². The Labute approximate surface area is 148 Å². The third-order valence-corrected chi connectivity index (χ3v) is 5.20. The van der Waals surface area contributed by atoms with E-state index in [1.807, 2.05) is 24.4 Å². The van der Waals surface area contributed by atoms with Crippen molar-refractivity contribution < 1.29 is 10.0 Å². The van der Waals surface area contributed by atoms with Crippen molar-refractivity contribution in [3.05, 3.63) is 70.9 Å². The number of benzene rings is 1. The highest BCUT2D eigenvalue weighted by atomic mass is 32.1. The number of rotatable bonds is 5. The summed E-state index contributed by atoms with van der Waals surface area (Å²) in [4.78, 5) is 20.4. The number of carbonyl (C=O) groups excluding carboxylic acids is 1. The zero-order valence-corrected chi connectivity index (χ0v) is 14.0. The fourth-order valence-corrected chi connectivity index (χ4v) is 3.60. The summed E-state index contributed by atoms with van der Waals surface area (Å²) in [7, 11) is 0. The van der Waals surface area contributed by atoms with Crippen molar-refractivity contribution in [1.82, 2.24) is 20.8 Å². The molecule has 1 aliphatic heterocycles. The number of nitrogens with zero attached hydrogens (tertiary/aromatic N) is 2. The summed E-state index contributed by atoms with van der Waals surface area (Å²) in [5, 5.41) is 12.8. The van der Waals surface area contributed by atoms with Gasteiger partial charge in [-0.15, -0.1) is 11.3 Å². The first-order chi connectivity index (χ1) is 12.2. The molecule has 3 heterocycles. The zero-order chi connectivity index (χ0) is 17.2. The summed E-state index contributed by atoms with van der Waals surface area (Å²) in [5.74, 6) is -0.564. The smallest absolute Gasteiger partial charge is 0.286 e. The molecule has 2 aromatic heterocycles. The molecule has 126 valence electrons. The lowest BCUT2D eigenvalue weighted by Gasteiger charge is -2.01. The lowest BCUT2D eigenvalue weighted by Crippen LogP contribution is -2.16. The highest BCUT2D eigenvalue weighted by molar-refractivity contribution is 7.16. The minimum atomic E-state index is -0.564. The number of carbonyl (C=O) groups is 1. The van der Waals surface area contributed by atoms with Crippen LogP contribution < -0.4 is 10.8 Å². The summed E-state index contributed by atoms with van der Waals surface area (Å²) >= 11 is 1.19. The molecular weight excluding hydrogens is 336 g/mol. The molecule has 0 aliphatic carbocycles. The maximum absolute atomic E-state index is 11.4. The fourth-order valence-electron chi connectivity index (χ4n) is 2.82. The van der Waals surface area contributed by atoms with Crippen molar-refractivity contribution in [1.29, 1.82) is 0 Å². The molecule has 4 rings (SSSR count). The Bertz CT molecular complexity index is 880. The third-order valence-electron chi connectivity index (χ3n) is 4.18. The lowest BCUT2D eigenvalue weighted by atomic mass is 10.1. The normalized spacial score (nSPS) is 18.8. The average molecular weight is 352 g/mol. The zero-order valence-electron chi connectivity index (χ0n) is 13.2. The van der Waals surface area contributed by atoms with Gasteiger partial charge in [-0.25, -0.2) is 10.5 Å². The summed E-state index contributed by atoms with van der Waals surface area (Å²) in [6.45, 7) is 0. The lowest BCUT2D eigenvalue weighted by molar-refractivity contribution is 0.0710. The van der Waals surface area contributed by atoms with Crippen LogP contribution >= 0.6 is 11.3 Å².